The zero-order valence-electron chi connectivity index (χ0n) is 13.4. The molecule has 1 N–H and O–H groups in total. The number of benzene rings is 2. The highest BCUT2D eigenvalue weighted by Crippen LogP contribution is 2.21. The molecule has 2 aromatic rings. The van der Waals surface area contributed by atoms with Crippen LogP contribution in [0.1, 0.15) is 31.7 Å². The highest BCUT2D eigenvalue weighted by molar-refractivity contribution is 7.92. The third kappa shape index (κ3) is 4.79. The maximum atomic E-state index is 12.4. The highest BCUT2D eigenvalue weighted by Gasteiger charge is 2.15. The molecule has 0 aliphatic carbocycles. The zero-order chi connectivity index (χ0) is 17.6. The number of rotatable bonds is 8. The van der Waals surface area contributed by atoms with E-state index in [1.807, 2.05) is 0 Å². The first-order valence-electron chi connectivity index (χ1n) is 7.78. The monoisotopic (exact) mass is 348 g/mol. The molecule has 0 saturated carbocycles. The van der Waals surface area contributed by atoms with Gasteiger partial charge in [0, 0.05) is 12.1 Å². The lowest BCUT2D eigenvalue weighted by molar-refractivity contribution is -0.384. The lowest BCUT2D eigenvalue weighted by Gasteiger charge is -2.09. The average Bonchev–Trinajstić information content (AvgIpc) is 2.55. The van der Waals surface area contributed by atoms with Crippen molar-refractivity contribution in [3.8, 4) is 0 Å². The molecular formula is C17H20N2O4S. The van der Waals surface area contributed by atoms with Gasteiger partial charge in [0.15, 0.2) is 0 Å². The Kier molecular flexibility index (Phi) is 5.92. The van der Waals surface area contributed by atoms with Crippen LogP contribution in [-0.4, -0.2) is 13.3 Å². The summed E-state index contributed by atoms with van der Waals surface area (Å²) in [6, 6.07) is 12.1. The van der Waals surface area contributed by atoms with Crippen molar-refractivity contribution in [2.24, 2.45) is 0 Å². The van der Waals surface area contributed by atoms with Gasteiger partial charge < -0.3 is 0 Å². The van der Waals surface area contributed by atoms with Crippen LogP contribution in [0.3, 0.4) is 0 Å². The second kappa shape index (κ2) is 7.92. The minimum Gasteiger partial charge on any atom is -0.279 e. The molecule has 0 aliphatic heterocycles. The molecule has 0 aromatic heterocycles. The van der Waals surface area contributed by atoms with Crippen molar-refractivity contribution < 1.29 is 13.3 Å². The molecule has 2 aromatic carbocycles. The number of unbranched alkanes of at least 4 members (excludes halogenated alkanes) is 2. The number of nitro groups is 1. The fourth-order valence-corrected chi connectivity index (χ4v) is 3.36. The molecule has 0 heterocycles. The van der Waals surface area contributed by atoms with Crippen molar-refractivity contribution in [2.75, 3.05) is 4.72 Å². The second-order valence-electron chi connectivity index (χ2n) is 5.51. The molecule has 0 aliphatic rings. The van der Waals surface area contributed by atoms with Crippen LogP contribution in [0.5, 0.6) is 0 Å². The molecule has 0 fully saturated rings. The number of nitrogens with zero attached hydrogens (tertiary/aromatic N) is 1. The lowest BCUT2D eigenvalue weighted by Crippen LogP contribution is -2.13. The van der Waals surface area contributed by atoms with Gasteiger partial charge >= 0.3 is 0 Å². The van der Waals surface area contributed by atoms with Crippen LogP contribution in [0.2, 0.25) is 0 Å². The topological polar surface area (TPSA) is 89.3 Å². The largest absolute Gasteiger partial charge is 0.279 e. The molecular weight excluding hydrogens is 328 g/mol. The Morgan fingerprint density at radius 3 is 2.42 bits per heavy atom. The van der Waals surface area contributed by atoms with E-state index in [2.05, 4.69) is 11.6 Å². The first-order valence-corrected chi connectivity index (χ1v) is 9.27. The molecule has 2 rings (SSSR count). The molecule has 0 amide bonds. The van der Waals surface area contributed by atoms with Gasteiger partial charge in [-0.25, -0.2) is 8.42 Å². The number of nitro benzene ring substituents is 1. The van der Waals surface area contributed by atoms with Gasteiger partial charge in [-0.15, -0.1) is 0 Å². The summed E-state index contributed by atoms with van der Waals surface area (Å²) >= 11 is 0. The minimum absolute atomic E-state index is 0.133. The summed E-state index contributed by atoms with van der Waals surface area (Å²) in [5, 5.41) is 10.8. The Hall–Kier alpha value is -2.41. The zero-order valence-corrected chi connectivity index (χ0v) is 14.3. The van der Waals surface area contributed by atoms with Crippen LogP contribution in [0.25, 0.3) is 0 Å². The maximum absolute atomic E-state index is 12.4. The summed E-state index contributed by atoms with van der Waals surface area (Å²) in [4.78, 5) is 10.3. The number of hydrogen-bond acceptors (Lipinski definition) is 4. The van der Waals surface area contributed by atoms with Gasteiger partial charge in [-0.05, 0) is 36.6 Å². The smallest absolute Gasteiger partial charge is 0.271 e. The van der Waals surface area contributed by atoms with Gasteiger partial charge in [0.2, 0.25) is 0 Å². The normalized spacial score (nSPS) is 11.2. The van der Waals surface area contributed by atoms with Crippen LogP contribution in [0.15, 0.2) is 53.4 Å². The van der Waals surface area contributed by atoms with Crippen LogP contribution in [-0.2, 0) is 16.4 Å². The van der Waals surface area contributed by atoms with Crippen molar-refractivity contribution in [1.29, 1.82) is 0 Å². The van der Waals surface area contributed by atoms with Gasteiger partial charge in [-0.2, -0.15) is 0 Å². The van der Waals surface area contributed by atoms with E-state index in [0.29, 0.717) is 0 Å². The fourth-order valence-electron chi connectivity index (χ4n) is 2.31. The molecule has 0 bridgehead atoms. The molecule has 0 atom stereocenters. The minimum atomic E-state index is -3.77. The number of non-ortho nitro benzene ring substituents is 1. The summed E-state index contributed by atoms with van der Waals surface area (Å²) in [6.07, 6.45) is 4.29. The fraction of sp³-hybridized carbons (Fsp3) is 0.294. The summed E-state index contributed by atoms with van der Waals surface area (Å²) in [7, 11) is -3.77. The van der Waals surface area contributed by atoms with Gasteiger partial charge in [0.05, 0.1) is 15.5 Å². The number of aryl methyl sites for hydroxylation is 1. The first-order chi connectivity index (χ1) is 11.4. The van der Waals surface area contributed by atoms with E-state index in [1.165, 1.54) is 24.3 Å². The third-order valence-corrected chi connectivity index (χ3v) is 5.01. The van der Waals surface area contributed by atoms with E-state index in [9.17, 15) is 18.5 Å². The van der Waals surface area contributed by atoms with Gasteiger partial charge in [0.1, 0.15) is 0 Å². The number of nitrogens with one attached hydrogen (secondary N) is 1. The third-order valence-electron chi connectivity index (χ3n) is 3.61. The van der Waals surface area contributed by atoms with Gasteiger partial charge in [-0.1, -0.05) is 38.0 Å². The Morgan fingerprint density at radius 1 is 1.08 bits per heavy atom. The van der Waals surface area contributed by atoms with E-state index in [1.54, 1.807) is 24.3 Å². The first kappa shape index (κ1) is 17.9. The van der Waals surface area contributed by atoms with Crippen LogP contribution < -0.4 is 4.72 Å². The molecule has 0 spiro atoms. The Bertz CT molecular complexity index is 802. The van der Waals surface area contributed by atoms with E-state index in [0.717, 1.165) is 31.2 Å². The summed E-state index contributed by atoms with van der Waals surface area (Å²) in [5.41, 5.74) is 1.09. The van der Waals surface area contributed by atoms with E-state index < -0.39 is 14.9 Å². The molecule has 128 valence electrons. The number of hydrogen-bond donors (Lipinski definition) is 1. The SMILES string of the molecule is CCCCCc1ccc(S(=O)(=O)Nc2cccc([N+](=O)[O-])c2)cc1. The summed E-state index contributed by atoms with van der Waals surface area (Å²) in [5.74, 6) is 0. The lowest BCUT2D eigenvalue weighted by atomic mass is 10.1. The molecule has 6 nitrogen and oxygen atoms in total. The van der Waals surface area contributed by atoms with Crippen molar-refractivity contribution in [3.63, 3.8) is 0 Å². The average molecular weight is 348 g/mol. The van der Waals surface area contributed by atoms with Crippen molar-refractivity contribution >= 4 is 21.4 Å². The van der Waals surface area contributed by atoms with E-state index in [4.69, 9.17) is 0 Å². The van der Waals surface area contributed by atoms with Crippen LogP contribution in [0.4, 0.5) is 11.4 Å². The Labute approximate surface area is 141 Å². The predicted molar refractivity (Wildman–Crippen MR) is 93.6 cm³/mol. The van der Waals surface area contributed by atoms with Crippen LogP contribution >= 0.6 is 0 Å². The maximum Gasteiger partial charge on any atom is 0.271 e. The number of anilines is 1. The van der Waals surface area contributed by atoms with Crippen molar-refractivity contribution in [2.45, 2.75) is 37.5 Å². The molecule has 0 saturated heterocycles. The Morgan fingerprint density at radius 2 is 1.79 bits per heavy atom. The molecule has 0 radical (unpaired) electrons. The molecule has 7 heteroatoms. The Balaban J connectivity index is 2.12. The summed E-state index contributed by atoms with van der Waals surface area (Å²) < 4.78 is 27.1. The van der Waals surface area contributed by atoms with Crippen molar-refractivity contribution in [1.82, 2.24) is 0 Å². The van der Waals surface area contributed by atoms with Crippen LogP contribution in [0, 0.1) is 10.1 Å². The summed E-state index contributed by atoms with van der Waals surface area (Å²) in [6.45, 7) is 2.13. The molecule has 24 heavy (non-hydrogen) atoms. The van der Waals surface area contributed by atoms with Gasteiger partial charge in [0.25, 0.3) is 15.7 Å². The van der Waals surface area contributed by atoms with E-state index in [-0.39, 0.29) is 16.3 Å². The van der Waals surface area contributed by atoms with Gasteiger partial charge in [-0.3, -0.25) is 14.8 Å². The number of sulfonamides is 1. The highest BCUT2D eigenvalue weighted by atomic mass is 32.2. The molecule has 0 unspecified atom stereocenters. The van der Waals surface area contributed by atoms with Crippen molar-refractivity contribution in [3.05, 3.63) is 64.2 Å². The standard InChI is InChI=1S/C17H20N2O4S/c1-2-3-4-6-14-9-11-17(12-10-14)24(22,23)18-15-7-5-8-16(13-15)19(20)21/h5,7-13,18H,2-4,6H2,1H3. The van der Waals surface area contributed by atoms with E-state index >= 15 is 0 Å². The predicted octanol–water partition coefficient (Wildman–Crippen LogP) is 4.13. The second-order valence-corrected chi connectivity index (χ2v) is 7.20. The quantitative estimate of drug-likeness (QED) is 0.441.